The van der Waals surface area contributed by atoms with Crippen molar-refractivity contribution in [1.29, 1.82) is 0 Å². The number of imidazole rings is 1. The molecular weight excluding hydrogens is 352 g/mol. The molecule has 1 saturated heterocycles. The third-order valence-electron chi connectivity index (χ3n) is 6.33. The Bertz CT molecular complexity index is 818. The molecule has 0 spiro atoms. The van der Waals surface area contributed by atoms with E-state index in [1.165, 1.54) is 25.7 Å². The van der Waals surface area contributed by atoms with Gasteiger partial charge >= 0.3 is 0 Å². The van der Waals surface area contributed by atoms with Gasteiger partial charge in [0, 0.05) is 44.4 Å². The number of nitrogens with zero attached hydrogens (tertiary/aromatic N) is 6. The smallest absolute Gasteiger partial charge is 0.222 e. The molecule has 1 amide bonds. The number of aromatic nitrogens is 4. The van der Waals surface area contributed by atoms with Crippen molar-refractivity contribution in [3.8, 4) is 5.82 Å². The number of aryl methyl sites for hydroxylation is 1. The largest absolute Gasteiger partial charge is 0.353 e. The molecule has 7 nitrogen and oxygen atoms in total. The van der Waals surface area contributed by atoms with Crippen molar-refractivity contribution in [1.82, 2.24) is 24.4 Å². The summed E-state index contributed by atoms with van der Waals surface area (Å²) in [6.45, 7) is 7.20. The summed E-state index contributed by atoms with van der Waals surface area (Å²) < 4.78 is 1.99. The zero-order valence-corrected chi connectivity index (χ0v) is 17.0. The van der Waals surface area contributed by atoms with Gasteiger partial charge in [0.2, 0.25) is 5.91 Å². The van der Waals surface area contributed by atoms with E-state index in [9.17, 15) is 4.79 Å². The molecule has 28 heavy (non-hydrogen) atoms. The second-order valence-electron chi connectivity index (χ2n) is 8.08. The van der Waals surface area contributed by atoms with Crippen molar-refractivity contribution in [2.24, 2.45) is 5.92 Å². The lowest BCUT2D eigenvalue weighted by Gasteiger charge is -2.35. The van der Waals surface area contributed by atoms with Gasteiger partial charge in [-0.05, 0) is 26.2 Å². The third-order valence-corrected chi connectivity index (χ3v) is 6.33. The van der Waals surface area contributed by atoms with Crippen molar-refractivity contribution in [3.05, 3.63) is 30.1 Å². The first-order chi connectivity index (χ1) is 13.6. The predicted molar refractivity (Wildman–Crippen MR) is 109 cm³/mol. The van der Waals surface area contributed by atoms with E-state index in [0.29, 0.717) is 12.3 Å². The van der Waals surface area contributed by atoms with Crippen LogP contribution < -0.4 is 4.90 Å². The second-order valence-corrected chi connectivity index (χ2v) is 8.08. The number of anilines is 1. The molecule has 1 aliphatic heterocycles. The lowest BCUT2D eigenvalue weighted by molar-refractivity contribution is -0.131. The summed E-state index contributed by atoms with van der Waals surface area (Å²) in [6.07, 6.45) is 10.5. The van der Waals surface area contributed by atoms with Crippen LogP contribution in [-0.2, 0) is 4.79 Å². The van der Waals surface area contributed by atoms with Crippen LogP contribution in [0.4, 0.5) is 5.82 Å². The highest BCUT2D eigenvalue weighted by molar-refractivity contribution is 5.76. The highest BCUT2D eigenvalue weighted by Crippen LogP contribution is 2.29. The molecule has 0 atom stereocenters. The van der Waals surface area contributed by atoms with Gasteiger partial charge in [-0.25, -0.2) is 15.0 Å². The Labute approximate surface area is 166 Å². The van der Waals surface area contributed by atoms with Gasteiger partial charge in [-0.2, -0.15) is 0 Å². The zero-order chi connectivity index (χ0) is 19.5. The minimum Gasteiger partial charge on any atom is -0.353 e. The van der Waals surface area contributed by atoms with Crippen LogP contribution in [0.3, 0.4) is 0 Å². The molecule has 3 heterocycles. The SMILES string of the molecule is Cc1ncn(-c2cc(N3CCN(C(=O)CCC4CCCC4)CC3)ncn2)c1C. The Hall–Kier alpha value is -2.44. The molecule has 0 aromatic carbocycles. The highest BCUT2D eigenvalue weighted by Gasteiger charge is 2.24. The zero-order valence-electron chi connectivity index (χ0n) is 17.0. The number of rotatable bonds is 5. The Morgan fingerprint density at radius 2 is 1.75 bits per heavy atom. The first-order valence-corrected chi connectivity index (χ1v) is 10.5. The van der Waals surface area contributed by atoms with Gasteiger partial charge in [0.1, 0.15) is 24.3 Å². The average molecular weight is 383 g/mol. The molecule has 1 saturated carbocycles. The standard InChI is InChI=1S/C21H30N6O/c1-16-17(2)27(15-24-16)20-13-19(22-14-23-20)25-9-11-26(12-10-25)21(28)8-7-18-5-3-4-6-18/h13-15,18H,3-12H2,1-2H3. The molecule has 0 bridgehead atoms. The molecule has 150 valence electrons. The molecule has 2 aromatic heterocycles. The van der Waals surface area contributed by atoms with Crippen LogP contribution in [0.1, 0.15) is 49.9 Å². The van der Waals surface area contributed by atoms with Gasteiger partial charge in [-0.3, -0.25) is 9.36 Å². The van der Waals surface area contributed by atoms with E-state index < -0.39 is 0 Å². The van der Waals surface area contributed by atoms with E-state index in [2.05, 4.69) is 19.9 Å². The normalized spacial score (nSPS) is 18.1. The quantitative estimate of drug-likeness (QED) is 0.795. The predicted octanol–water partition coefficient (Wildman–Crippen LogP) is 2.90. The topological polar surface area (TPSA) is 67.2 Å². The number of piperazine rings is 1. The summed E-state index contributed by atoms with van der Waals surface area (Å²) in [6, 6.07) is 2.01. The minimum absolute atomic E-state index is 0.319. The van der Waals surface area contributed by atoms with E-state index in [4.69, 9.17) is 0 Å². The van der Waals surface area contributed by atoms with Gasteiger partial charge in [-0.1, -0.05) is 25.7 Å². The molecule has 0 unspecified atom stereocenters. The maximum Gasteiger partial charge on any atom is 0.222 e. The minimum atomic E-state index is 0.319. The molecule has 1 aliphatic carbocycles. The Kier molecular flexibility index (Phi) is 5.59. The number of amides is 1. The first-order valence-electron chi connectivity index (χ1n) is 10.5. The van der Waals surface area contributed by atoms with Gasteiger partial charge < -0.3 is 9.80 Å². The Morgan fingerprint density at radius 3 is 2.43 bits per heavy atom. The summed E-state index contributed by atoms with van der Waals surface area (Å²) in [5.74, 6) is 2.84. The molecule has 4 rings (SSSR count). The van der Waals surface area contributed by atoms with E-state index in [1.807, 2.05) is 29.4 Å². The first kappa shape index (κ1) is 18.9. The third kappa shape index (κ3) is 4.03. The van der Waals surface area contributed by atoms with E-state index in [-0.39, 0.29) is 0 Å². The maximum atomic E-state index is 12.5. The number of carbonyl (C=O) groups is 1. The average Bonchev–Trinajstić information content (AvgIpc) is 3.37. The number of hydrogen-bond donors (Lipinski definition) is 0. The summed E-state index contributed by atoms with van der Waals surface area (Å²) >= 11 is 0. The molecule has 0 N–H and O–H groups in total. The Balaban J connectivity index is 1.34. The van der Waals surface area contributed by atoms with Crippen LogP contribution >= 0.6 is 0 Å². The Morgan fingerprint density at radius 1 is 1.04 bits per heavy atom. The lowest BCUT2D eigenvalue weighted by atomic mass is 10.0. The number of carbonyl (C=O) groups excluding carboxylic acids is 1. The molecule has 7 heteroatoms. The number of hydrogen-bond acceptors (Lipinski definition) is 5. The fourth-order valence-electron chi connectivity index (χ4n) is 4.34. The molecule has 2 aliphatic rings. The van der Waals surface area contributed by atoms with Crippen molar-refractivity contribution < 1.29 is 4.79 Å². The fraction of sp³-hybridized carbons (Fsp3) is 0.619. The molecule has 2 aromatic rings. The van der Waals surface area contributed by atoms with Crippen molar-refractivity contribution >= 4 is 11.7 Å². The molecule has 2 fully saturated rings. The van der Waals surface area contributed by atoms with Gasteiger partial charge in [-0.15, -0.1) is 0 Å². The van der Waals surface area contributed by atoms with E-state index in [0.717, 1.165) is 61.5 Å². The summed E-state index contributed by atoms with van der Waals surface area (Å²) in [5, 5.41) is 0. The summed E-state index contributed by atoms with van der Waals surface area (Å²) in [5.41, 5.74) is 2.09. The van der Waals surface area contributed by atoms with Crippen LogP contribution in [0.2, 0.25) is 0 Å². The van der Waals surface area contributed by atoms with Crippen LogP contribution in [-0.4, -0.2) is 56.5 Å². The van der Waals surface area contributed by atoms with Gasteiger partial charge in [0.05, 0.1) is 5.69 Å². The van der Waals surface area contributed by atoms with Crippen LogP contribution in [0.25, 0.3) is 5.82 Å². The van der Waals surface area contributed by atoms with Crippen LogP contribution in [0.5, 0.6) is 0 Å². The van der Waals surface area contributed by atoms with Crippen LogP contribution in [0, 0.1) is 19.8 Å². The van der Waals surface area contributed by atoms with E-state index >= 15 is 0 Å². The summed E-state index contributed by atoms with van der Waals surface area (Å²) in [4.78, 5) is 30.0. The van der Waals surface area contributed by atoms with Gasteiger partial charge in [0.15, 0.2) is 0 Å². The fourth-order valence-corrected chi connectivity index (χ4v) is 4.34. The second kappa shape index (κ2) is 8.29. The van der Waals surface area contributed by atoms with Crippen molar-refractivity contribution in [2.45, 2.75) is 52.4 Å². The summed E-state index contributed by atoms with van der Waals surface area (Å²) in [7, 11) is 0. The molecule has 0 radical (unpaired) electrons. The lowest BCUT2D eigenvalue weighted by Crippen LogP contribution is -2.49. The van der Waals surface area contributed by atoms with Crippen LogP contribution in [0.15, 0.2) is 18.7 Å². The highest BCUT2D eigenvalue weighted by atomic mass is 16.2. The molecular formula is C21H30N6O. The monoisotopic (exact) mass is 382 g/mol. The van der Waals surface area contributed by atoms with Crippen molar-refractivity contribution in [3.63, 3.8) is 0 Å². The van der Waals surface area contributed by atoms with Gasteiger partial charge in [0.25, 0.3) is 0 Å². The van der Waals surface area contributed by atoms with Crippen molar-refractivity contribution in [2.75, 3.05) is 31.1 Å². The maximum absolute atomic E-state index is 12.5. The van der Waals surface area contributed by atoms with E-state index in [1.54, 1.807) is 12.7 Å².